The highest BCUT2D eigenvalue weighted by Gasteiger charge is 1.90. The second-order valence-electron chi connectivity index (χ2n) is 2.54. The molecule has 0 amide bonds. The Morgan fingerprint density at radius 2 is 2.14 bits per heavy atom. The second-order valence-corrected chi connectivity index (χ2v) is 2.54. The molecule has 1 N–H and O–H groups in total. The van der Waals surface area contributed by atoms with Crippen LogP contribution in [0.3, 0.4) is 0 Å². The third-order valence-corrected chi connectivity index (χ3v) is 1.26. The normalized spacial score (nSPS) is 8.07. The lowest BCUT2D eigenvalue weighted by Crippen LogP contribution is -1.92. The van der Waals surface area contributed by atoms with Gasteiger partial charge in [-0.05, 0) is 25.1 Å². The van der Waals surface area contributed by atoms with Crippen LogP contribution in [0, 0.1) is 0 Å². The Kier molecular flexibility index (Phi) is 5.70. The molecule has 0 unspecified atom stereocenters. The first-order valence-electron chi connectivity index (χ1n) is 4.00. The van der Waals surface area contributed by atoms with Gasteiger partial charge in [-0.1, -0.05) is 19.2 Å². The van der Waals surface area contributed by atoms with Crippen molar-refractivity contribution in [3.05, 3.63) is 48.8 Å². The Hall–Kier alpha value is -1.90. The van der Waals surface area contributed by atoms with Crippen molar-refractivity contribution in [1.29, 1.82) is 0 Å². The lowest BCUT2D eigenvalue weighted by molar-refractivity contribution is -0.132. The number of carbonyl (C=O) groups is 1. The van der Waals surface area contributed by atoms with Crippen LogP contribution in [0.5, 0.6) is 0 Å². The van der Waals surface area contributed by atoms with Crippen LogP contribution in [-0.4, -0.2) is 16.1 Å². The molecule has 0 aromatic carbocycles. The van der Waals surface area contributed by atoms with Crippen LogP contribution in [-0.2, 0) is 4.79 Å². The summed E-state index contributed by atoms with van der Waals surface area (Å²) in [6, 6.07) is 5.73. The van der Waals surface area contributed by atoms with Crippen molar-refractivity contribution in [2.75, 3.05) is 0 Å². The maximum atomic E-state index is 9.60. The highest BCUT2D eigenvalue weighted by atomic mass is 16.4. The van der Waals surface area contributed by atoms with Gasteiger partial charge in [0.1, 0.15) is 0 Å². The van der Waals surface area contributed by atoms with Gasteiger partial charge in [0.15, 0.2) is 0 Å². The van der Waals surface area contributed by atoms with E-state index >= 15 is 0 Å². The van der Waals surface area contributed by atoms with Crippen molar-refractivity contribution in [1.82, 2.24) is 4.98 Å². The molecule has 0 aliphatic rings. The van der Waals surface area contributed by atoms with Crippen molar-refractivity contribution in [2.24, 2.45) is 0 Å². The lowest BCUT2D eigenvalue weighted by Gasteiger charge is -1.84. The van der Waals surface area contributed by atoms with E-state index in [0.717, 1.165) is 5.69 Å². The van der Waals surface area contributed by atoms with Gasteiger partial charge < -0.3 is 5.11 Å². The number of hydrogen-bond donors (Lipinski definition) is 1. The molecule has 1 aromatic heterocycles. The largest absolute Gasteiger partial charge is 0.478 e. The average molecular weight is 191 g/mol. The number of carboxylic acid groups (broad SMARTS) is 1. The molecule has 14 heavy (non-hydrogen) atoms. The van der Waals surface area contributed by atoms with E-state index in [4.69, 9.17) is 5.11 Å². The summed E-state index contributed by atoms with van der Waals surface area (Å²) in [5.41, 5.74) is 1.10. The molecule has 0 radical (unpaired) electrons. The summed E-state index contributed by atoms with van der Waals surface area (Å²) in [4.78, 5) is 13.6. The van der Waals surface area contributed by atoms with Gasteiger partial charge in [-0.15, -0.1) is 0 Å². The number of nitrogens with zero attached hydrogens (tertiary/aromatic N) is 1. The number of carboxylic acids is 1. The molecule has 1 heterocycles. The van der Waals surface area contributed by atoms with Crippen LogP contribution in [0.4, 0.5) is 0 Å². The molecule has 3 heteroatoms. The number of rotatable bonds is 2. The summed E-state index contributed by atoms with van der Waals surface area (Å²) in [5, 5.41) is 7.89. The standard InChI is InChI=1S/C7H7N.C4H6O2/c1-2-7-5-3-4-6-8-7;1-3(2)4(5)6/h2-6H,1H2;1H2,2H3,(H,5,6). The maximum Gasteiger partial charge on any atom is 0.330 e. The lowest BCUT2D eigenvalue weighted by atomic mass is 10.4. The molecule has 3 nitrogen and oxygen atoms in total. The van der Waals surface area contributed by atoms with Gasteiger partial charge in [0.2, 0.25) is 0 Å². The summed E-state index contributed by atoms with van der Waals surface area (Å²) >= 11 is 0. The summed E-state index contributed by atoms with van der Waals surface area (Å²) < 4.78 is 0. The number of hydrogen-bond acceptors (Lipinski definition) is 2. The molecule has 0 spiro atoms. The summed E-state index contributed by atoms with van der Waals surface area (Å²) in [6.45, 7) is 8.17. The van der Waals surface area contributed by atoms with Crippen LogP contribution in [0.2, 0.25) is 0 Å². The summed E-state index contributed by atoms with van der Waals surface area (Å²) in [6.07, 6.45) is 3.47. The fourth-order valence-corrected chi connectivity index (χ4v) is 0.497. The zero-order valence-corrected chi connectivity index (χ0v) is 8.10. The van der Waals surface area contributed by atoms with Crippen LogP contribution < -0.4 is 0 Å². The quantitative estimate of drug-likeness (QED) is 0.730. The van der Waals surface area contributed by atoms with Crippen molar-refractivity contribution in [3.8, 4) is 0 Å². The molecule has 0 saturated heterocycles. The minimum atomic E-state index is -0.935. The van der Waals surface area contributed by atoms with Crippen molar-refractivity contribution >= 4 is 12.0 Å². The van der Waals surface area contributed by atoms with E-state index in [9.17, 15) is 4.79 Å². The van der Waals surface area contributed by atoms with Gasteiger partial charge in [-0.2, -0.15) is 0 Å². The minimum Gasteiger partial charge on any atom is -0.478 e. The predicted molar refractivity (Wildman–Crippen MR) is 56.8 cm³/mol. The first kappa shape index (κ1) is 12.1. The first-order chi connectivity index (χ1) is 6.57. The number of aliphatic carboxylic acids is 1. The van der Waals surface area contributed by atoms with Crippen molar-refractivity contribution < 1.29 is 9.90 Å². The predicted octanol–water partition coefficient (Wildman–Crippen LogP) is 2.37. The highest BCUT2D eigenvalue weighted by Crippen LogP contribution is 1.91. The van der Waals surface area contributed by atoms with Crippen LogP contribution >= 0.6 is 0 Å². The zero-order chi connectivity index (χ0) is 11.0. The molecule has 74 valence electrons. The minimum absolute atomic E-state index is 0.176. The molecule has 0 aliphatic carbocycles. The molecule has 0 saturated carbocycles. The number of pyridine rings is 1. The van der Waals surface area contributed by atoms with Crippen LogP contribution in [0.15, 0.2) is 43.1 Å². The Balaban J connectivity index is 0.000000255. The van der Waals surface area contributed by atoms with E-state index in [0.29, 0.717) is 0 Å². The Morgan fingerprint density at radius 3 is 2.36 bits per heavy atom. The van der Waals surface area contributed by atoms with Crippen molar-refractivity contribution in [2.45, 2.75) is 6.92 Å². The van der Waals surface area contributed by atoms with Crippen molar-refractivity contribution in [3.63, 3.8) is 0 Å². The second kappa shape index (κ2) is 6.60. The Labute approximate surface area is 83.4 Å². The molecule has 0 fully saturated rings. The smallest absolute Gasteiger partial charge is 0.330 e. The Bertz CT molecular complexity index is 305. The maximum absolute atomic E-state index is 9.60. The van der Waals surface area contributed by atoms with E-state index in [1.807, 2.05) is 18.2 Å². The molecule has 1 aromatic rings. The van der Waals surface area contributed by atoms with Gasteiger partial charge in [-0.3, -0.25) is 4.98 Å². The Morgan fingerprint density at radius 1 is 1.57 bits per heavy atom. The third-order valence-electron chi connectivity index (χ3n) is 1.26. The molecular formula is C11H13NO2. The molecule has 0 aliphatic heterocycles. The average Bonchev–Trinajstić information content (AvgIpc) is 2.20. The van der Waals surface area contributed by atoms with Crippen LogP contribution in [0.25, 0.3) is 6.08 Å². The third kappa shape index (κ3) is 5.71. The fraction of sp³-hybridized carbons (Fsp3) is 0.0909. The van der Waals surface area contributed by atoms with E-state index < -0.39 is 5.97 Å². The SMILES string of the molecule is C=C(C)C(=O)O.C=Cc1ccccn1. The van der Waals surface area contributed by atoms with Gasteiger partial charge in [0.05, 0.1) is 5.69 Å². The molecule has 0 atom stereocenters. The topological polar surface area (TPSA) is 50.2 Å². The van der Waals surface area contributed by atoms with E-state index in [2.05, 4.69) is 18.1 Å². The number of aromatic nitrogens is 1. The van der Waals surface area contributed by atoms with Crippen LogP contribution in [0.1, 0.15) is 12.6 Å². The van der Waals surface area contributed by atoms with Gasteiger partial charge >= 0.3 is 5.97 Å². The summed E-state index contributed by atoms with van der Waals surface area (Å²) in [5.74, 6) is -0.935. The first-order valence-corrected chi connectivity index (χ1v) is 4.00. The molecule has 1 rings (SSSR count). The molecule has 0 bridgehead atoms. The fourth-order valence-electron chi connectivity index (χ4n) is 0.497. The van der Waals surface area contributed by atoms with E-state index in [1.54, 1.807) is 12.3 Å². The zero-order valence-electron chi connectivity index (χ0n) is 8.10. The van der Waals surface area contributed by atoms with Gasteiger partial charge in [-0.25, -0.2) is 4.79 Å². The summed E-state index contributed by atoms with van der Waals surface area (Å²) in [7, 11) is 0. The highest BCUT2D eigenvalue weighted by molar-refractivity contribution is 5.84. The van der Waals surface area contributed by atoms with Gasteiger partial charge in [0, 0.05) is 11.8 Å². The molecular weight excluding hydrogens is 178 g/mol. The monoisotopic (exact) mass is 191 g/mol. The van der Waals surface area contributed by atoms with E-state index in [1.165, 1.54) is 6.92 Å². The van der Waals surface area contributed by atoms with Gasteiger partial charge in [0.25, 0.3) is 0 Å². The van der Waals surface area contributed by atoms with E-state index in [-0.39, 0.29) is 5.57 Å².